The summed E-state index contributed by atoms with van der Waals surface area (Å²) in [5.41, 5.74) is 0.605. The summed E-state index contributed by atoms with van der Waals surface area (Å²) in [6, 6.07) is 7.08. The van der Waals surface area contributed by atoms with Gasteiger partial charge >= 0.3 is 0 Å². The molecule has 0 unspecified atom stereocenters. The number of hydrogen-bond acceptors (Lipinski definition) is 4. The van der Waals surface area contributed by atoms with Crippen molar-refractivity contribution in [3.63, 3.8) is 0 Å². The van der Waals surface area contributed by atoms with Gasteiger partial charge in [-0.15, -0.1) is 0 Å². The fourth-order valence-electron chi connectivity index (χ4n) is 2.62. The van der Waals surface area contributed by atoms with Gasteiger partial charge < -0.3 is 9.64 Å². The second-order valence-corrected chi connectivity index (χ2v) is 8.34. The van der Waals surface area contributed by atoms with E-state index in [0.29, 0.717) is 31.5 Å². The van der Waals surface area contributed by atoms with Crippen LogP contribution in [0.15, 0.2) is 24.3 Å². The molecule has 6 heteroatoms. The zero-order valence-corrected chi connectivity index (χ0v) is 14.1. The van der Waals surface area contributed by atoms with Crippen molar-refractivity contribution in [2.45, 2.75) is 38.0 Å². The van der Waals surface area contributed by atoms with E-state index in [-0.39, 0.29) is 17.3 Å². The first-order chi connectivity index (χ1) is 10.3. The van der Waals surface area contributed by atoms with E-state index < -0.39 is 9.84 Å². The van der Waals surface area contributed by atoms with Crippen LogP contribution in [0, 0.1) is 0 Å². The lowest BCUT2D eigenvalue weighted by molar-refractivity contribution is 0.0725. The van der Waals surface area contributed by atoms with Crippen molar-refractivity contribution in [3.8, 4) is 5.75 Å². The van der Waals surface area contributed by atoms with Gasteiger partial charge in [0.05, 0.1) is 11.4 Å². The first-order valence-corrected chi connectivity index (χ1v) is 9.47. The SMILES string of the molecule is CC(C)Oc1ccc(C(=O)N2CCC(S(C)(=O)=O)CC2)cc1. The minimum atomic E-state index is -3.01. The molecule has 1 saturated heterocycles. The number of amides is 1. The standard InChI is InChI=1S/C16H23NO4S/c1-12(2)21-14-6-4-13(5-7-14)16(18)17-10-8-15(9-11-17)22(3,19)20/h4-7,12,15H,8-11H2,1-3H3. The Morgan fingerprint density at radius 2 is 1.73 bits per heavy atom. The quantitative estimate of drug-likeness (QED) is 0.850. The van der Waals surface area contributed by atoms with Gasteiger partial charge in [0.1, 0.15) is 15.6 Å². The van der Waals surface area contributed by atoms with Gasteiger partial charge in [-0.1, -0.05) is 0 Å². The fraction of sp³-hybridized carbons (Fsp3) is 0.562. The van der Waals surface area contributed by atoms with Crippen LogP contribution in [-0.4, -0.2) is 49.9 Å². The smallest absolute Gasteiger partial charge is 0.253 e. The highest BCUT2D eigenvalue weighted by molar-refractivity contribution is 7.91. The number of piperidine rings is 1. The van der Waals surface area contributed by atoms with E-state index in [0.717, 1.165) is 5.75 Å². The van der Waals surface area contributed by atoms with Gasteiger partial charge in [0.2, 0.25) is 0 Å². The fourth-order valence-corrected chi connectivity index (χ4v) is 3.68. The summed E-state index contributed by atoms with van der Waals surface area (Å²) in [4.78, 5) is 14.1. The summed E-state index contributed by atoms with van der Waals surface area (Å²) < 4.78 is 28.6. The van der Waals surface area contributed by atoms with Crippen LogP contribution in [0.4, 0.5) is 0 Å². The van der Waals surface area contributed by atoms with E-state index in [9.17, 15) is 13.2 Å². The highest BCUT2D eigenvalue weighted by Gasteiger charge is 2.29. The molecular formula is C16H23NO4S. The van der Waals surface area contributed by atoms with Crippen molar-refractivity contribution in [2.75, 3.05) is 19.3 Å². The van der Waals surface area contributed by atoms with Gasteiger partial charge in [-0.25, -0.2) is 8.42 Å². The minimum Gasteiger partial charge on any atom is -0.491 e. The zero-order chi connectivity index (χ0) is 16.3. The number of ether oxygens (including phenoxy) is 1. The van der Waals surface area contributed by atoms with Crippen molar-refractivity contribution < 1.29 is 17.9 Å². The maximum Gasteiger partial charge on any atom is 0.253 e. The molecule has 5 nitrogen and oxygen atoms in total. The lowest BCUT2D eigenvalue weighted by Gasteiger charge is -2.31. The second kappa shape index (κ2) is 6.69. The molecule has 1 heterocycles. The van der Waals surface area contributed by atoms with Crippen LogP contribution in [0.25, 0.3) is 0 Å². The molecular weight excluding hydrogens is 302 g/mol. The molecule has 0 spiro atoms. The largest absolute Gasteiger partial charge is 0.491 e. The van der Waals surface area contributed by atoms with Crippen LogP contribution in [0.3, 0.4) is 0 Å². The third kappa shape index (κ3) is 4.22. The Bertz CT molecular complexity index is 614. The summed E-state index contributed by atoms with van der Waals surface area (Å²) >= 11 is 0. The average molecular weight is 325 g/mol. The van der Waals surface area contributed by atoms with Crippen molar-refractivity contribution in [3.05, 3.63) is 29.8 Å². The molecule has 1 amide bonds. The molecule has 1 aromatic rings. The second-order valence-electron chi connectivity index (χ2n) is 6.01. The molecule has 2 rings (SSSR count). The van der Waals surface area contributed by atoms with E-state index in [1.807, 2.05) is 13.8 Å². The van der Waals surface area contributed by atoms with Gasteiger partial charge in [0.15, 0.2) is 0 Å². The summed E-state index contributed by atoms with van der Waals surface area (Å²) in [6.45, 7) is 4.87. The molecule has 0 saturated carbocycles. The Labute approximate surface area is 132 Å². The maximum absolute atomic E-state index is 12.4. The zero-order valence-electron chi connectivity index (χ0n) is 13.3. The predicted molar refractivity (Wildman–Crippen MR) is 86.0 cm³/mol. The van der Waals surface area contributed by atoms with Gasteiger partial charge in [0, 0.05) is 24.9 Å². The Balaban J connectivity index is 1.98. The number of likely N-dealkylation sites (tertiary alicyclic amines) is 1. The first kappa shape index (κ1) is 16.8. The lowest BCUT2D eigenvalue weighted by atomic mass is 10.1. The molecule has 0 aliphatic carbocycles. The lowest BCUT2D eigenvalue weighted by Crippen LogP contribution is -2.42. The summed E-state index contributed by atoms with van der Waals surface area (Å²) in [5, 5.41) is -0.321. The van der Waals surface area contributed by atoms with Crippen LogP contribution < -0.4 is 4.74 Å². The topological polar surface area (TPSA) is 63.7 Å². The number of rotatable bonds is 4. The summed E-state index contributed by atoms with van der Waals surface area (Å²) in [5.74, 6) is 0.686. The van der Waals surface area contributed by atoms with Crippen LogP contribution in [-0.2, 0) is 9.84 Å². The molecule has 1 aliphatic rings. The minimum absolute atomic E-state index is 0.0527. The molecule has 122 valence electrons. The van der Waals surface area contributed by atoms with Crippen molar-refractivity contribution in [1.29, 1.82) is 0 Å². The van der Waals surface area contributed by atoms with Crippen molar-refractivity contribution in [1.82, 2.24) is 4.90 Å². The predicted octanol–water partition coefficient (Wildman–Crippen LogP) is 2.12. The molecule has 1 aliphatic heterocycles. The molecule has 22 heavy (non-hydrogen) atoms. The normalized spacial score (nSPS) is 16.8. The Kier molecular flexibility index (Phi) is 5.11. The molecule has 0 atom stereocenters. The van der Waals surface area contributed by atoms with E-state index >= 15 is 0 Å². The molecule has 0 radical (unpaired) electrons. The Hall–Kier alpha value is -1.56. The number of hydrogen-bond donors (Lipinski definition) is 0. The van der Waals surface area contributed by atoms with Crippen molar-refractivity contribution >= 4 is 15.7 Å². The van der Waals surface area contributed by atoms with E-state index in [1.165, 1.54) is 6.26 Å². The number of carbonyl (C=O) groups excluding carboxylic acids is 1. The molecule has 1 aromatic carbocycles. The maximum atomic E-state index is 12.4. The first-order valence-electron chi connectivity index (χ1n) is 7.52. The number of sulfone groups is 1. The van der Waals surface area contributed by atoms with E-state index in [2.05, 4.69) is 0 Å². The Morgan fingerprint density at radius 1 is 1.18 bits per heavy atom. The molecule has 0 bridgehead atoms. The van der Waals surface area contributed by atoms with Gasteiger partial charge in [0.25, 0.3) is 5.91 Å². The van der Waals surface area contributed by atoms with Crippen LogP contribution in [0.1, 0.15) is 37.0 Å². The van der Waals surface area contributed by atoms with Crippen molar-refractivity contribution in [2.24, 2.45) is 0 Å². The third-order valence-electron chi connectivity index (χ3n) is 3.81. The molecule has 0 N–H and O–H groups in total. The van der Waals surface area contributed by atoms with Crippen LogP contribution in [0.5, 0.6) is 5.75 Å². The van der Waals surface area contributed by atoms with E-state index in [1.54, 1.807) is 29.2 Å². The number of benzene rings is 1. The third-order valence-corrected chi connectivity index (χ3v) is 5.49. The monoisotopic (exact) mass is 325 g/mol. The Morgan fingerprint density at radius 3 is 2.18 bits per heavy atom. The van der Waals surface area contributed by atoms with E-state index in [4.69, 9.17) is 4.74 Å². The highest BCUT2D eigenvalue weighted by atomic mass is 32.2. The number of nitrogens with zero attached hydrogens (tertiary/aromatic N) is 1. The number of carbonyl (C=O) groups is 1. The van der Waals surface area contributed by atoms with Gasteiger partial charge in [-0.3, -0.25) is 4.79 Å². The molecule has 0 aromatic heterocycles. The highest BCUT2D eigenvalue weighted by Crippen LogP contribution is 2.20. The van der Waals surface area contributed by atoms with Gasteiger partial charge in [-0.05, 0) is 51.0 Å². The van der Waals surface area contributed by atoms with Crippen LogP contribution in [0.2, 0.25) is 0 Å². The summed E-state index contributed by atoms with van der Waals surface area (Å²) in [7, 11) is -3.01. The summed E-state index contributed by atoms with van der Waals surface area (Å²) in [6.07, 6.45) is 2.39. The molecule has 1 fully saturated rings. The van der Waals surface area contributed by atoms with Gasteiger partial charge in [-0.2, -0.15) is 0 Å². The average Bonchev–Trinajstić information content (AvgIpc) is 2.46. The van der Waals surface area contributed by atoms with Crippen LogP contribution >= 0.6 is 0 Å².